The number of hydrogen-bond acceptors (Lipinski definition) is 7. The smallest absolute Gasteiger partial charge is 0.331 e. The van der Waals surface area contributed by atoms with Crippen molar-refractivity contribution in [1.82, 2.24) is 4.90 Å². The van der Waals surface area contributed by atoms with Gasteiger partial charge in [-0.15, -0.1) is 6.42 Å². The van der Waals surface area contributed by atoms with Crippen LogP contribution < -0.4 is 10.6 Å². The van der Waals surface area contributed by atoms with Gasteiger partial charge in [0, 0.05) is 13.1 Å². The van der Waals surface area contributed by atoms with Crippen LogP contribution in [0.5, 0.6) is 11.5 Å². The fourth-order valence-corrected chi connectivity index (χ4v) is 5.73. The summed E-state index contributed by atoms with van der Waals surface area (Å²) in [4.78, 5) is 19.1. The third-order valence-electron chi connectivity index (χ3n) is 6.03. The van der Waals surface area contributed by atoms with Gasteiger partial charge in [0.1, 0.15) is 11.5 Å². The molecule has 0 atom stereocenters. The summed E-state index contributed by atoms with van der Waals surface area (Å²) in [6, 6.07) is 11.9. The number of carbonyl (C=O) groups excluding carboxylic acids is 1. The number of carbonyl (C=O) groups is 1. The first-order valence-corrected chi connectivity index (χ1v) is 12.0. The summed E-state index contributed by atoms with van der Waals surface area (Å²) in [5.74, 6) is 7.81. The molecule has 170 valence electrons. The van der Waals surface area contributed by atoms with Crippen molar-refractivity contribution in [3.8, 4) is 23.8 Å². The monoisotopic (exact) mass is 456 g/mol. The normalized spacial score (nSPS) is 16.2. The number of sulfone groups is 1. The highest BCUT2D eigenvalue weighted by molar-refractivity contribution is 7.91. The number of hydrogen-bond donors (Lipinski definition) is 1. The molecule has 32 heavy (non-hydrogen) atoms. The van der Waals surface area contributed by atoms with Gasteiger partial charge < -0.3 is 9.57 Å². The second kappa shape index (κ2) is 9.74. The summed E-state index contributed by atoms with van der Waals surface area (Å²) in [5.41, 5.74) is 1.06. The molecule has 0 spiro atoms. The number of nitrogens with zero attached hydrogens (tertiary/aromatic N) is 1. The van der Waals surface area contributed by atoms with Crippen LogP contribution in [-0.4, -0.2) is 44.7 Å². The Hall–Kier alpha value is -2.86. The topological polar surface area (TPSA) is 98.9 Å². The maximum atomic E-state index is 13.1. The summed E-state index contributed by atoms with van der Waals surface area (Å²) < 4.78 is 32.1. The number of piperidine rings is 1. The molecule has 8 heteroatoms. The van der Waals surface area contributed by atoms with Crippen molar-refractivity contribution >= 4 is 15.8 Å². The molecule has 7 nitrogen and oxygen atoms in total. The van der Waals surface area contributed by atoms with Crippen LogP contribution in [0.15, 0.2) is 47.4 Å². The first-order valence-electron chi connectivity index (χ1n) is 10.3. The molecular weight excluding hydrogens is 428 g/mol. The molecule has 3 rings (SSSR count). The maximum absolute atomic E-state index is 13.1. The second-order valence-corrected chi connectivity index (χ2v) is 10.2. The minimum absolute atomic E-state index is 0.111. The van der Waals surface area contributed by atoms with E-state index in [-0.39, 0.29) is 10.6 Å². The molecule has 0 aliphatic carbocycles. The Bertz CT molecular complexity index is 1110. The molecular formula is C24H28N2O5S. The number of aryl methyl sites for hydroxylation is 2. The Kier molecular flexibility index (Phi) is 7.24. The van der Waals surface area contributed by atoms with E-state index in [0.717, 1.165) is 11.1 Å². The van der Waals surface area contributed by atoms with Crippen molar-refractivity contribution in [2.45, 2.75) is 31.6 Å². The van der Waals surface area contributed by atoms with Crippen LogP contribution in [0.25, 0.3) is 0 Å². The second-order valence-electron chi connectivity index (χ2n) is 8.24. The van der Waals surface area contributed by atoms with Gasteiger partial charge in [0.25, 0.3) is 0 Å². The molecule has 0 aromatic heterocycles. The van der Waals surface area contributed by atoms with Crippen molar-refractivity contribution in [2.75, 3.05) is 25.4 Å². The Morgan fingerprint density at radius 2 is 1.72 bits per heavy atom. The van der Waals surface area contributed by atoms with Gasteiger partial charge in [-0.1, -0.05) is 12.0 Å². The van der Waals surface area contributed by atoms with Gasteiger partial charge in [0.2, 0.25) is 0 Å². The first-order chi connectivity index (χ1) is 15.2. The standard InChI is InChI=1S/C24H28N2O5S/c1-4-13-26-14-11-24(12-15-26,23(27)31-25)17-32(28,29)22-9-7-20(8-10-22)30-21-6-5-18(2)19(3)16-21/h1,5-10,16H,11-15,17,25H2,2-3H3. The highest BCUT2D eigenvalue weighted by Crippen LogP contribution is 2.36. The number of rotatable bonds is 7. The van der Waals surface area contributed by atoms with Crippen LogP contribution in [0.3, 0.4) is 0 Å². The van der Waals surface area contributed by atoms with E-state index in [4.69, 9.17) is 17.1 Å². The van der Waals surface area contributed by atoms with Crippen LogP contribution >= 0.6 is 0 Å². The molecule has 2 N–H and O–H groups in total. The predicted octanol–water partition coefficient (Wildman–Crippen LogP) is 3.00. The van der Waals surface area contributed by atoms with E-state index in [9.17, 15) is 13.2 Å². The lowest BCUT2D eigenvalue weighted by Gasteiger charge is -2.38. The van der Waals surface area contributed by atoms with Gasteiger partial charge in [-0.2, -0.15) is 5.90 Å². The van der Waals surface area contributed by atoms with Gasteiger partial charge in [-0.3, -0.25) is 4.90 Å². The molecule has 1 aliphatic heterocycles. The van der Waals surface area contributed by atoms with Crippen LogP contribution in [0.2, 0.25) is 0 Å². The molecule has 1 heterocycles. The summed E-state index contributed by atoms with van der Waals surface area (Å²) >= 11 is 0. The van der Waals surface area contributed by atoms with E-state index in [1.165, 1.54) is 12.1 Å². The minimum atomic E-state index is -3.78. The average Bonchev–Trinajstić information content (AvgIpc) is 2.77. The van der Waals surface area contributed by atoms with Crippen LogP contribution in [0.4, 0.5) is 0 Å². The van der Waals surface area contributed by atoms with Crippen molar-refractivity contribution in [2.24, 2.45) is 11.3 Å². The lowest BCUT2D eigenvalue weighted by molar-refractivity contribution is -0.158. The fourth-order valence-electron chi connectivity index (χ4n) is 3.88. The van der Waals surface area contributed by atoms with E-state index in [2.05, 4.69) is 10.8 Å². The largest absolute Gasteiger partial charge is 0.457 e. The van der Waals surface area contributed by atoms with Crippen molar-refractivity contribution < 1.29 is 22.8 Å². The molecule has 1 saturated heterocycles. The zero-order valence-corrected chi connectivity index (χ0v) is 19.2. The van der Waals surface area contributed by atoms with Gasteiger partial charge in [-0.25, -0.2) is 13.2 Å². The van der Waals surface area contributed by atoms with Gasteiger partial charge in [0.15, 0.2) is 9.84 Å². The predicted molar refractivity (Wildman–Crippen MR) is 122 cm³/mol. The molecule has 0 radical (unpaired) electrons. The number of benzene rings is 2. The highest BCUT2D eigenvalue weighted by atomic mass is 32.2. The zero-order valence-electron chi connectivity index (χ0n) is 18.3. The zero-order chi connectivity index (χ0) is 23.4. The Morgan fingerprint density at radius 3 is 2.28 bits per heavy atom. The number of likely N-dealkylation sites (tertiary alicyclic amines) is 1. The molecule has 0 amide bonds. The number of ether oxygens (including phenoxy) is 1. The molecule has 1 fully saturated rings. The lowest BCUT2D eigenvalue weighted by atomic mass is 9.80. The van der Waals surface area contributed by atoms with E-state index < -0.39 is 21.2 Å². The molecule has 0 bridgehead atoms. The molecule has 0 saturated carbocycles. The SMILES string of the molecule is C#CCN1CCC(CS(=O)(=O)c2ccc(Oc3ccc(C)c(C)c3)cc2)(C(=O)ON)CC1. The molecule has 2 aromatic rings. The van der Waals surface area contributed by atoms with Crippen LogP contribution in [0.1, 0.15) is 24.0 Å². The summed E-state index contributed by atoms with van der Waals surface area (Å²) in [6.07, 6.45) is 5.96. The number of terminal acetylenes is 1. The van der Waals surface area contributed by atoms with E-state index in [0.29, 0.717) is 44.0 Å². The van der Waals surface area contributed by atoms with Gasteiger partial charge in [0.05, 0.1) is 22.6 Å². The fraction of sp³-hybridized carbons (Fsp3) is 0.375. The molecule has 0 unspecified atom stereocenters. The van der Waals surface area contributed by atoms with Crippen molar-refractivity contribution in [3.05, 3.63) is 53.6 Å². The van der Waals surface area contributed by atoms with E-state index >= 15 is 0 Å². The third-order valence-corrected chi connectivity index (χ3v) is 7.95. The van der Waals surface area contributed by atoms with E-state index in [1.807, 2.05) is 36.9 Å². The minimum Gasteiger partial charge on any atom is -0.457 e. The Labute approximate surface area is 189 Å². The van der Waals surface area contributed by atoms with Crippen LogP contribution in [-0.2, 0) is 19.5 Å². The first kappa shape index (κ1) is 23.8. The maximum Gasteiger partial charge on any atom is 0.331 e. The molecule has 1 aliphatic rings. The molecule has 2 aromatic carbocycles. The van der Waals surface area contributed by atoms with Gasteiger partial charge >= 0.3 is 5.97 Å². The summed E-state index contributed by atoms with van der Waals surface area (Å²) in [5, 5.41) is 0. The average molecular weight is 457 g/mol. The Balaban J connectivity index is 1.76. The lowest BCUT2D eigenvalue weighted by Crippen LogP contribution is -2.49. The van der Waals surface area contributed by atoms with Crippen LogP contribution in [0, 0.1) is 31.6 Å². The third kappa shape index (κ3) is 5.30. The summed E-state index contributed by atoms with van der Waals surface area (Å²) in [6.45, 7) is 5.46. The van der Waals surface area contributed by atoms with Crippen molar-refractivity contribution in [3.63, 3.8) is 0 Å². The Morgan fingerprint density at radius 1 is 1.09 bits per heavy atom. The van der Waals surface area contributed by atoms with Gasteiger partial charge in [-0.05, 0) is 74.2 Å². The number of nitrogens with two attached hydrogens (primary N) is 1. The van der Waals surface area contributed by atoms with Crippen molar-refractivity contribution in [1.29, 1.82) is 0 Å². The quantitative estimate of drug-likeness (QED) is 0.505. The summed E-state index contributed by atoms with van der Waals surface area (Å²) in [7, 11) is -3.78. The highest BCUT2D eigenvalue weighted by Gasteiger charge is 2.46. The van der Waals surface area contributed by atoms with E-state index in [1.54, 1.807) is 12.1 Å².